The first kappa shape index (κ1) is 15.2. The molecule has 0 aromatic heterocycles. The Morgan fingerprint density at radius 3 is 2.17 bits per heavy atom. The minimum absolute atomic E-state index is 0.0540. The van der Waals surface area contributed by atoms with Gasteiger partial charge in [-0.1, -0.05) is 58.0 Å². The van der Waals surface area contributed by atoms with Crippen LogP contribution in [0.4, 0.5) is 0 Å². The molecule has 2 nitrogen and oxygen atoms in total. The molecule has 0 spiro atoms. The Kier molecular flexibility index (Phi) is 5.36. The van der Waals surface area contributed by atoms with Crippen LogP contribution in [-0.4, -0.2) is 12.1 Å². The molecule has 2 heteroatoms. The number of benzene rings is 1. The summed E-state index contributed by atoms with van der Waals surface area (Å²) in [6.45, 7) is 10.8. The summed E-state index contributed by atoms with van der Waals surface area (Å²) >= 11 is 0. The maximum absolute atomic E-state index is 6.23. The lowest BCUT2D eigenvalue weighted by Crippen LogP contribution is -2.45. The van der Waals surface area contributed by atoms with Gasteiger partial charge in [0.05, 0.1) is 12.2 Å². The quantitative estimate of drug-likeness (QED) is 0.858. The monoisotopic (exact) mass is 249 g/mol. The Labute approximate surface area is 112 Å². The van der Waals surface area contributed by atoms with E-state index < -0.39 is 0 Å². The van der Waals surface area contributed by atoms with Crippen molar-refractivity contribution >= 4 is 0 Å². The van der Waals surface area contributed by atoms with Gasteiger partial charge < -0.3 is 10.5 Å². The van der Waals surface area contributed by atoms with Crippen LogP contribution in [0.2, 0.25) is 0 Å². The summed E-state index contributed by atoms with van der Waals surface area (Å²) in [5, 5.41) is 0. The molecule has 102 valence electrons. The lowest BCUT2D eigenvalue weighted by atomic mass is 9.83. The third-order valence-corrected chi connectivity index (χ3v) is 3.33. The second kappa shape index (κ2) is 6.35. The molecule has 0 aliphatic carbocycles. The van der Waals surface area contributed by atoms with E-state index in [-0.39, 0.29) is 23.7 Å². The third kappa shape index (κ3) is 4.11. The summed E-state index contributed by atoms with van der Waals surface area (Å²) < 4.78 is 6.23. The number of ether oxygens (including phenoxy) is 1. The van der Waals surface area contributed by atoms with Crippen LogP contribution in [0.5, 0.6) is 0 Å². The van der Waals surface area contributed by atoms with Gasteiger partial charge in [0.25, 0.3) is 0 Å². The molecule has 18 heavy (non-hydrogen) atoms. The average molecular weight is 249 g/mol. The van der Waals surface area contributed by atoms with E-state index in [1.165, 1.54) is 5.56 Å². The van der Waals surface area contributed by atoms with Crippen LogP contribution in [0.3, 0.4) is 0 Å². The second-order valence-electron chi connectivity index (χ2n) is 6.05. The molecule has 0 radical (unpaired) electrons. The zero-order valence-electron chi connectivity index (χ0n) is 12.3. The number of hydrogen-bond acceptors (Lipinski definition) is 2. The molecule has 0 aliphatic heterocycles. The molecule has 2 N–H and O–H groups in total. The smallest absolute Gasteiger partial charge is 0.0801 e. The van der Waals surface area contributed by atoms with Crippen LogP contribution in [0.25, 0.3) is 0 Å². The van der Waals surface area contributed by atoms with E-state index in [0.717, 1.165) is 6.42 Å². The summed E-state index contributed by atoms with van der Waals surface area (Å²) in [5.74, 6) is 0. The van der Waals surface area contributed by atoms with Crippen molar-refractivity contribution in [1.82, 2.24) is 0 Å². The van der Waals surface area contributed by atoms with Crippen LogP contribution in [0.15, 0.2) is 30.3 Å². The van der Waals surface area contributed by atoms with E-state index >= 15 is 0 Å². The van der Waals surface area contributed by atoms with E-state index in [9.17, 15) is 0 Å². The Hall–Kier alpha value is -0.860. The van der Waals surface area contributed by atoms with Gasteiger partial charge in [-0.15, -0.1) is 0 Å². The maximum atomic E-state index is 6.23. The standard InChI is InChI=1S/C16H27NO/c1-6-14(17)15(16(3,4)5)18-12(2)13-10-8-7-9-11-13/h7-12,14-15H,6,17H2,1-5H3. The van der Waals surface area contributed by atoms with Gasteiger partial charge in [0, 0.05) is 6.04 Å². The van der Waals surface area contributed by atoms with Crippen LogP contribution >= 0.6 is 0 Å². The van der Waals surface area contributed by atoms with Crippen LogP contribution < -0.4 is 5.73 Å². The zero-order chi connectivity index (χ0) is 13.8. The summed E-state index contributed by atoms with van der Waals surface area (Å²) in [7, 11) is 0. The Bertz CT molecular complexity index is 342. The van der Waals surface area contributed by atoms with E-state index in [1.807, 2.05) is 18.2 Å². The van der Waals surface area contributed by atoms with E-state index in [1.54, 1.807) is 0 Å². The molecule has 1 aromatic carbocycles. The van der Waals surface area contributed by atoms with Gasteiger partial charge in [0.2, 0.25) is 0 Å². The van der Waals surface area contributed by atoms with Crippen LogP contribution in [-0.2, 0) is 4.74 Å². The van der Waals surface area contributed by atoms with Gasteiger partial charge in [-0.3, -0.25) is 0 Å². The van der Waals surface area contributed by atoms with E-state index in [2.05, 4.69) is 46.8 Å². The lowest BCUT2D eigenvalue weighted by molar-refractivity contribution is -0.0742. The highest BCUT2D eigenvalue weighted by Gasteiger charge is 2.31. The zero-order valence-corrected chi connectivity index (χ0v) is 12.3. The SMILES string of the molecule is CCC(N)C(OC(C)c1ccccc1)C(C)(C)C. The Balaban J connectivity index is 2.78. The van der Waals surface area contributed by atoms with Crippen molar-refractivity contribution in [2.24, 2.45) is 11.1 Å². The Morgan fingerprint density at radius 1 is 1.17 bits per heavy atom. The molecule has 1 rings (SSSR count). The van der Waals surface area contributed by atoms with Crippen molar-refractivity contribution in [3.05, 3.63) is 35.9 Å². The van der Waals surface area contributed by atoms with Crippen molar-refractivity contribution in [1.29, 1.82) is 0 Å². The van der Waals surface area contributed by atoms with Crippen molar-refractivity contribution in [3.8, 4) is 0 Å². The Morgan fingerprint density at radius 2 is 1.72 bits per heavy atom. The highest BCUT2D eigenvalue weighted by atomic mass is 16.5. The van der Waals surface area contributed by atoms with Crippen molar-refractivity contribution in [3.63, 3.8) is 0 Å². The molecule has 0 bridgehead atoms. The molecule has 0 amide bonds. The predicted molar refractivity (Wildman–Crippen MR) is 77.5 cm³/mol. The van der Waals surface area contributed by atoms with Gasteiger partial charge in [0.1, 0.15) is 0 Å². The normalized spacial score (nSPS) is 17.2. The van der Waals surface area contributed by atoms with E-state index in [0.29, 0.717) is 0 Å². The predicted octanol–water partition coefficient (Wildman–Crippen LogP) is 3.92. The summed E-state index contributed by atoms with van der Waals surface area (Å²) in [6.07, 6.45) is 1.08. The highest BCUT2D eigenvalue weighted by Crippen LogP contribution is 2.30. The molecule has 0 saturated carbocycles. The molecular weight excluding hydrogens is 222 g/mol. The van der Waals surface area contributed by atoms with Crippen LogP contribution in [0.1, 0.15) is 52.7 Å². The van der Waals surface area contributed by atoms with Crippen molar-refractivity contribution in [2.75, 3.05) is 0 Å². The fourth-order valence-electron chi connectivity index (χ4n) is 2.18. The van der Waals surface area contributed by atoms with Gasteiger partial charge in [0.15, 0.2) is 0 Å². The number of nitrogens with two attached hydrogens (primary N) is 1. The molecule has 1 aromatic rings. The van der Waals surface area contributed by atoms with Crippen LogP contribution in [0, 0.1) is 5.41 Å². The van der Waals surface area contributed by atoms with Gasteiger partial charge >= 0.3 is 0 Å². The van der Waals surface area contributed by atoms with Crippen molar-refractivity contribution < 1.29 is 4.74 Å². The fraction of sp³-hybridized carbons (Fsp3) is 0.625. The second-order valence-corrected chi connectivity index (χ2v) is 6.05. The number of hydrogen-bond donors (Lipinski definition) is 1. The topological polar surface area (TPSA) is 35.2 Å². The molecule has 3 unspecified atom stereocenters. The lowest BCUT2D eigenvalue weighted by Gasteiger charge is -2.37. The van der Waals surface area contributed by atoms with Gasteiger partial charge in [-0.2, -0.15) is 0 Å². The first-order valence-electron chi connectivity index (χ1n) is 6.82. The van der Waals surface area contributed by atoms with Gasteiger partial charge in [-0.05, 0) is 24.3 Å². The molecule has 0 fully saturated rings. The van der Waals surface area contributed by atoms with Crippen molar-refractivity contribution in [2.45, 2.75) is 59.3 Å². The van der Waals surface area contributed by atoms with Gasteiger partial charge in [-0.25, -0.2) is 0 Å². The first-order valence-corrected chi connectivity index (χ1v) is 6.82. The minimum atomic E-state index is 0.0540. The first-order chi connectivity index (χ1) is 8.36. The minimum Gasteiger partial charge on any atom is -0.368 e. The summed E-state index contributed by atoms with van der Waals surface area (Å²) in [4.78, 5) is 0. The molecule has 0 saturated heterocycles. The van der Waals surface area contributed by atoms with E-state index in [4.69, 9.17) is 10.5 Å². The maximum Gasteiger partial charge on any atom is 0.0801 e. The highest BCUT2D eigenvalue weighted by molar-refractivity contribution is 5.17. The number of rotatable bonds is 5. The average Bonchev–Trinajstić information content (AvgIpc) is 2.34. The summed E-state index contributed by atoms with van der Waals surface area (Å²) in [5.41, 5.74) is 7.46. The third-order valence-electron chi connectivity index (χ3n) is 3.33. The summed E-state index contributed by atoms with van der Waals surface area (Å²) in [6, 6.07) is 10.4. The molecule has 3 atom stereocenters. The largest absolute Gasteiger partial charge is 0.368 e. The molecule has 0 heterocycles. The fourth-order valence-corrected chi connectivity index (χ4v) is 2.18. The molecule has 0 aliphatic rings. The molecular formula is C16H27NO.